The van der Waals surface area contributed by atoms with E-state index >= 15 is 0 Å². The smallest absolute Gasteiger partial charge is 0.0757 e. The topological polar surface area (TPSA) is 40.1 Å². The van der Waals surface area contributed by atoms with Crippen LogP contribution < -0.4 is 4.89 Å². The highest BCUT2D eigenvalue weighted by molar-refractivity contribution is 7.14. The molecule has 3 nitrogen and oxygen atoms in total. The maximum atomic E-state index is 8.46. The minimum absolute atomic E-state index is 1.28. The molecule has 0 aromatic rings. The van der Waals surface area contributed by atoms with Gasteiger partial charge in [-0.25, -0.2) is 0 Å². The van der Waals surface area contributed by atoms with E-state index < -0.39 is 8.69 Å². The van der Waals surface area contributed by atoms with Crippen LogP contribution in [-0.2, 0) is 4.57 Å². The van der Waals surface area contributed by atoms with Gasteiger partial charge in [-0.2, -0.15) is 0 Å². The SMILES string of the molecule is CC[N+](CC)(CC)CC.O=[PH2][O-]. The lowest BCUT2D eigenvalue weighted by Crippen LogP contribution is -2.47. The molecule has 0 saturated heterocycles. The van der Waals surface area contributed by atoms with Gasteiger partial charge >= 0.3 is 0 Å². The molecule has 0 bridgehead atoms. The Morgan fingerprint density at radius 2 is 1.17 bits per heavy atom. The van der Waals surface area contributed by atoms with Crippen LogP contribution in [0.3, 0.4) is 0 Å². The van der Waals surface area contributed by atoms with Crippen molar-refractivity contribution < 1.29 is 13.9 Å². The molecule has 0 aromatic carbocycles. The fraction of sp³-hybridized carbons (Fsp3) is 1.00. The van der Waals surface area contributed by atoms with Gasteiger partial charge in [-0.1, -0.05) is 0 Å². The second kappa shape index (κ2) is 9.24. The molecule has 0 rings (SSSR count). The minimum atomic E-state index is -1.75. The molecule has 0 aliphatic heterocycles. The first-order valence-electron chi connectivity index (χ1n) is 4.56. The number of nitrogens with zero attached hydrogens (tertiary/aromatic N) is 1. The summed E-state index contributed by atoms with van der Waals surface area (Å²) in [5.41, 5.74) is 0. The maximum absolute atomic E-state index is 8.46. The molecule has 0 N–H and O–H groups in total. The van der Waals surface area contributed by atoms with E-state index in [1.54, 1.807) is 0 Å². The highest BCUT2D eigenvalue weighted by Crippen LogP contribution is 2.03. The van der Waals surface area contributed by atoms with Crippen molar-refractivity contribution in [3.63, 3.8) is 0 Å². The zero-order chi connectivity index (χ0) is 10.0. The Morgan fingerprint density at radius 3 is 1.17 bits per heavy atom. The second-order valence-electron chi connectivity index (χ2n) is 2.70. The summed E-state index contributed by atoms with van der Waals surface area (Å²) < 4.78 is 9.74. The van der Waals surface area contributed by atoms with E-state index in [-0.39, 0.29) is 0 Å². The highest BCUT2D eigenvalue weighted by atomic mass is 31.1. The lowest BCUT2D eigenvalue weighted by molar-refractivity contribution is -0.921. The van der Waals surface area contributed by atoms with Crippen molar-refractivity contribution in [1.82, 2.24) is 0 Å². The molecular formula is C8H22NO2P. The highest BCUT2D eigenvalue weighted by Gasteiger charge is 2.16. The largest absolute Gasteiger partial charge is 0.804 e. The monoisotopic (exact) mass is 195 g/mol. The summed E-state index contributed by atoms with van der Waals surface area (Å²) in [5.74, 6) is 0. The van der Waals surface area contributed by atoms with Crippen LogP contribution in [0.25, 0.3) is 0 Å². The quantitative estimate of drug-likeness (QED) is 0.494. The summed E-state index contributed by atoms with van der Waals surface area (Å²) >= 11 is 0. The number of hydrogen-bond donors (Lipinski definition) is 0. The van der Waals surface area contributed by atoms with E-state index in [9.17, 15) is 0 Å². The molecular weight excluding hydrogens is 173 g/mol. The normalized spacial score (nSPS) is 11.4. The first-order chi connectivity index (χ1) is 5.66. The summed E-state index contributed by atoms with van der Waals surface area (Å²) in [4.78, 5) is 8.46. The Balaban J connectivity index is 0. The van der Waals surface area contributed by atoms with E-state index in [2.05, 4.69) is 27.7 Å². The fourth-order valence-corrected chi connectivity index (χ4v) is 1.34. The molecule has 0 aliphatic rings. The predicted molar refractivity (Wildman–Crippen MR) is 52.8 cm³/mol. The van der Waals surface area contributed by atoms with Crippen molar-refractivity contribution in [2.45, 2.75) is 27.7 Å². The van der Waals surface area contributed by atoms with E-state index in [0.717, 1.165) is 0 Å². The first-order valence-corrected chi connectivity index (χ1v) is 5.51. The Hall–Kier alpha value is 0.150. The number of hydrogen-bond acceptors (Lipinski definition) is 2. The van der Waals surface area contributed by atoms with Crippen molar-refractivity contribution in [3.05, 3.63) is 0 Å². The molecule has 0 amide bonds. The van der Waals surface area contributed by atoms with Gasteiger partial charge in [0.1, 0.15) is 0 Å². The summed E-state index contributed by atoms with van der Waals surface area (Å²) in [7, 11) is -1.75. The number of quaternary nitrogens is 1. The molecule has 4 heteroatoms. The lowest BCUT2D eigenvalue weighted by Gasteiger charge is -2.34. The van der Waals surface area contributed by atoms with Gasteiger partial charge in [-0.3, -0.25) is 0 Å². The fourth-order valence-electron chi connectivity index (χ4n) is 1.34. The molecule has 0 radical (unpaired) electrons. The van der Waals surface area contributed by atoms with Crippen LogP contribution in [0.1, 0.15) is 27.7 Å². The van der Waals surface area contributed by atoms with Gasteiger partial charge in [0, 0.05) is 0 Å². The Kier molecular flexibility index (Phi) is 11.3. The van der Waals surface area contributed by atoms with Crippen molar-refractivity contribution >= 4 is 8.69 Å². The van der Waals surface area contributed by atoms with Crippen LogP contribution in [0.4, 0.5) is 0 Å². The average Bonchev–Trinajstić information content (AvgIpc) is 2.11. The van der Waals surface area contributed by atoms with Crippen molar-refractivity contribution in [2.75, 3.05) is 26.2 Å². The molecule has 0 aliphatic carbocycles. The molecule has 0 heterocycles. The van der Waals surface area contributed by atoms with Crippen molar-refractivity contribution in [1.29, 1.82) is 0 Å². The van der Waals surface area contributed by atoms with Gasteiger partial charge in [0.15, 0.2) is 0 Å². The van der Waals surface area contributed by atoms with Crippen LogP contribution >= 0.6 is 8.69 Å². The third-order valence-electron chi connectivity index (χ3n) is 2.68. The molecule has 76 valence electrons. The van der Waals surface area contributed by atoms with Gasteiger partial charge in [0.05, 0.1) is 26.2 Å². The average molecular weight is 195 g/mol. The van der Waals surface area contributed by atoms with Gasteiger partial charge in [-0.15, -0.1) is 0 Å². The molecule has 0 spiro atoms. The van der Waals surface area contributed by atoms with Crippen molar-refractivity contribution in [3.8, 4) is 0 Å². The van der Waals surface area contributed by atoms with Gasteiger partial charge in [0.25, 0.3) is 0 Å². The predicted octanol–water partition coefficient (Wildman–Crippen LogP) is 0.901. The molecule has 0 saturated carbocycles. The van der Waals surface area contributed by atoms with E-state index in [0.29, 0.717) is 0 Å². The van der Waals surface area contributed by atoms with Crippen LogP contribution in [0.15, 0.2) is 0 Å². The van der Waals surface area contributed by atoms with Crippen LogP contribution in [-0.4, -0.2) is 30.7 Å². The molecule has 0 aromatic heterocycles. The Bertz CT molecular complexity index is 87.7. The standard InChI is InChI=1S/C8H20N.H3O2P/c1-5-9(6-2,7-3)8-4;1-3-2/h5-8H2,1-4H3;3H2,(H,1,2)/q+1;/p-1. The second-order valence-corrected chi connectivity index (χ2v) is 2.90. The Morgan fingerprint density at radius 1 is 1.00 bits per heavy atom. The minimum Gasteiger partial charge on any atom is -0.804 e. The summed E-state index contributed by atoms with van der Waals surface area (Å²) in [5, 5.41) is 0. The maximum Gasteiger partial charge on any atom is 0.0757 e. The van der Waals surface area contributed by atoms with Crippen LogP contribution in [0.2, 0.25) is 0 Å². The summed E-state index contributed by atoms with van der Waals surface area (Å²) in [6.07, 6.45) is 0. The van der Waals surface area contributed by atoms with Crippen LogP contribution in [0, 0.1) is 0 Å². The van der Waals surface area contributed by atoms with E-state index in [1.165, 1.54) is 30.7 Å². The zero-order valence-electron chi connectivity index (χ0n) is 8.67. The third kappa shape index (κ3) is 5.76. The number of rotatable bonds is 4. The zero-order valence-corrected chi connectivity index (χ0v) is 9.82. The third-order valence-corrected chi connectivity index (χ3v) is 2.68. The molecule has 0 fully saturated rings. The van der Waals surface area contributed by atoms with Gasteiger partial charge in [0.2, 0.25) is 0 Å². The van der Waals surface area contributed by atoms with Crippen molar-refractivity contribution in [2.24, 2.45) is 0 Å². The summed E-state index contributed by atoms with van der Waals surface area (Å²) in [6.45, 7) is 14.2. The van der Waals surface area contributed by atoms with E-state index in [1.807, 2.05) is 0 Å². The molecule has 1 atom stereocenters. The van der Waals surface area contributed by atoms with Gasteiger partial charge in [-0.05, 0) is 36.4 Å². The van der Waals surface area contributed by atoms with E-state index in [4.69, 9.17) is 9.46 Å². The van der Waals surface area contributed by atoms with Gasteiger partial charge < -0.3 is 13.9 Å². The molecule has 12 heavy (non-hydrogen) atoms. The molecule has 1 unspecified atom stereocenters. The first kappa shape index (κ1) is 14.7. The summed E-state index contributed by atoms with van der Waals surface area (Å²) in [6, 6.07) is 0. The Labute approximate surface area is 77.3 Å². The van der Waals surface area contributed by atoms with Crippen LogP contribution in [0.5, 0.6) is 0 Å². The lowest BCUT2D eigenvalue weighted by atomic mass is 10.3.